The first-order chi connectivity index (χ1) is 13.3. The second kappa shape index (κ2) is 9.96. The molecule has 8 nitrogen and oxygen atoms in total. The molecule has 0 unspecified atom stereocenters. The van der Waals surface area contributed by atoms with Crippen molar-refractivity contribution in [1.29, 1.82) is 0 Å². The molecule has 1 N–H and O–H groups in total. The highest BCUT2D eigenvalue weighted by Crippen LogP contribution is 2.26. The molecule has 154 valence electrons. The molecule has 1 aromatic carbocycles. The molecule has 1 fully saturated rings. The quantitative estimate of drug-likeness (QED) is 0.726. The normalized spacial score (nSPS) is 14.5. The first-order valence-electron chi connectivity index (χ1n) is 9.34. The molecule has 1 aliphatic heterocycles. The molecule has 0 aliphatic carbocycles. The first kappa shape index (κ1) is 21.5. The van der Waals surface area contributed by atoms with Gasteiger partial charge in [0.1, 0.15) is 11.5 Å². The summed E-state index contributed by atoms with van der Waals surface area (Å²) >= 11 is 0. The predicted octanol–water partition coefficient (Wildman–Crippen LogP) is 1.88. The average Bonchev–Trinajstić information content (AvgIpc) is 2.71. The lowest BCUT2D eigenvalue weighted by Gasteiger charge is -2.33. The van der Waals surface area contributed by atoms with E-state index in [9.17, 15) is 14.4 Å². The van der Waals surface area contributed by atoms with E-state index in [4.69, 9.17) is 14.6 Å². The highest BCUT2D eigenvalue weighted by Gasteiger charge is 2.29. The summed E-state index contributed by atoms with van der Waals surface area (Å²) in [4.78, 5) is 39.3. The smallest absolute Gasteiger partial charge is 0.303 e. The maximum Gasteiger partial charge on any atom is 0.303 e. The monoisotopic (exact) mass is 392 g/mol. The molecule has 1 heterocycles. The van der Waals surface area contributed by atoms with Crippen molar-refractivity contribution >= 4 is 17.8 Å². The van der Waals surface area contributed by atoms with Crippen LogP contribution in [0.3, 0.4) is 0 Å². The molecule has 0 radical (unpaired) electrons. The van der Waals surface area contributed by atoms with E-state index in [1.54, 1.807) is 35.0 Å². The van der Waals surface area contributed by atoms with Crippen LogP contribution in [0.4, 0.5) is 0 Å². The van der Waals surface area contributed by atoms with Crippen molar-refractivity contribution in [2.75, 3.05) is 40.9 Å². The third kappa shape index (κ3) is 5.61. The lowest BCUT2D eigenvalue weighted by molar-refractivity contribution is -0.139. The molecular formula is C20H28N2O6. The fourth-order valence-electron chi connectivity index (χ4n) is 3.33. The maximum atomic E-state index is 12.8. The Kier molecular flexibility index (Phi) is 7.66. The average molecular weight is 392 g/mol. The van der Waals surface area contributed by atoms with E-state index in [1.165, 1.54) is 14.2 Å². The molecular weight excluding hydrogens is 364 g/mol. The Morgan fingerprint density at radius 1 is 1.11 bits per heavy atom. The van der Waals surface area contributed by atoms with Gasteiger partial charge in [0.15, 0.2) is 0 Å². The van der Waals surface area contributed by atoms with Crippen molar-refractivity contribution in [2.45, 2.75) is 25.7 Å². The minimum Gasteiger partial charge on any atom is -0.497 e. The SMILES string of the molecule is COc1cc(OC)cc(C(=O)N2CCC(C(=O)N(C)CCCC(=O)O)CC2)c1. The second-order valence-corrected chi connectivity index (χ2v) is 6.92. The van der Waals surface area contributed by atoms with Crippen LogP contribution in [0.2, 0.25) is 0 Å². The number of benzene rings is 1. The molecule has 0 bridgehead atoms. The van der Waals surface area contributed by atoms with Crippen LogP contribution in [-0.4, -0.2) is 73.6 Å². The van der Waals surface area contributed by atoms with Crippen molar-refractivity contribution in [1.82, 2.24) is 9.80 Å². The molecule has 2 amide bonds. The van der Waals surface area contributed by atoms with E-state index in [0.29, 0.717) is 56.0 Å². The van der Waals surface area contributed by atoms with E-state index in [1.807, 2.05) is 0 Å². The molecule has 2 rings (SSSR count). The van der Waals surface area contributed by atoms with Gasteiger partial charge in [0.25, 0.3) is 5.91 Å². The van der Waals surface area contributed by atoms with Gasteiger partial charge in [-0.1, -0.05) is 0 Å². The van der Waals surface area contributed by atoms with Crippen molar-refractivity contribution in [3.63, 3.8) is 0 Å². The van der Waals surface area contributed by atoms with E-state index in [0.717, 1.165) is 0 Å². The van der Waals surface area contributed by atoms with E-state index in [-0.39, 0.29) is 24.2 Å². The topological polar surface area (TPSA) is 96.4 Å². The van der Waals surface area contributed by atoms with Gasteiger partial charge < -0.3 is 24.4 Å². The zero-order valence-corrected chi connectivity index (χ0v) is 16.6. The minimum atomic E-state index is -0.859. The zero-order valence-electron chi connectivity index (χ0n) is 16.6. The van der Waals surface area contributed by atoms with Gasteiger partial charge in [-0.3, -0.25) is 14.4 Å². The maximum absolute atomic E-state index is 12.8. The number of carboxylic acids is 1. The van der Waals surface area contributed by atoms with Crippen molar-refractivity contribution in [3.05, 3.63) is 23.8 Å². The van der Waals surface area contributed by atoms with Crippen LogP contribution in [0, 0.1) is 5.92 Å². The number of aliphatic carboxylic acids is 1. The Morgan fingerprint density at radius 3 is 2.18 bits per heavy atom. The third-order valence-corrected chi connectivity index (χ3v) is 4.99. The third-order valence-electron chi connectivity index (χ3n) is 4.99. The van der Waals surface area contributed by atoms with Crippen LogP contribution in [0.15, 0.2) is 18.2 Å². The number of hydrogen-bond donors (Lipinski definition) is 1. The van der Waals surface area contributed by atoms with E-state index in [2.05, 4.69) is 0 Å². The van der Waals surface area contributed by atoms with Gasteiger partial charge in [0.2, 0.25) is 5.91 Å². The van der Waals surface area contributed by atoms with Gasteiger partial charge in [-0.05, 0) is 31.4 Å². The number of rotatable bonds is 8. The molecule has 0 saturated carbocycles. The van der Waals surface area contributed by atoms with Crippen LogP contribution in [-0.2, 0) is 9.59 Å². The van der Waals surface area contributed by atoms with Gasteiger partial charge in [-0.2, -0.15) is 0 Å². The molecule has 28 heavy (non-hydrogen) atoms. The van der Waals surface area contributed by atoms with Gasteiger partial charge in [-0.25, -0.2) is 0 Å². The largest absolute Gasteiger partial charge is 0.497 e. The number of methoxy groups -OCH3 is 2. The number of likely N-dealkylation sites (tertiary alicyclic amines) is 1. The molecule has 8 heteroatoms. The Balaban J connectivity index is 1.91. The molecule has 0 aromatic heterocycles. The molecule has 0 atom stereocenters. The Hall–Kier alpha value is -2.77. The summed E-state index contributed by atoms with van der Waals surface area (Å²) in [5.74, 6) is 0.00511. The first-order valence-corrected chi connectivity index (χ1v) is 9.34. The molecule has 1 saturated heterocycles. The van der Waals surface area contributed by atoms with Gasteiger partial charge in [0.05, 0.1) is 14.2 Å². The fraction of sp³-hybridized carbons (Fsp3) is 0.550. The summed E-state index contributed by atoms with van der Waals surface area (Å²) in [7, 11) is 4.77. The molecule has 1 aliphatic rings. The summed E-state index contributed by atoms with van der Waals surface area (Å²) in [5, 5.41) is 8.70. The van der Waals surface area contributed by atoms with Crippen molar-refractivity contribution in [2.24, 2.45) is 5.92 Å². The number of carbonyl (C=O) groups excluding carboxylic acids is 2. The van der Waals surface area contributed by atoms with Gasteiger partial charge >= 0.3 is 5.97 Å². The predicted molar refractivity (Wildman–Crippen MR) is 103 cm³/mol. The second-order valence-electron chi connectivity index (χ2n) is 6.92. The number of piperidine rings is 1. The van der Waals surface area contributed by atoms with E-state index >= 15 is 0 Å². The summed E-state index contributed by atoms with van der Waals surface area (Å²) in [6.07, 6.45) is 1.67. The van der Waals surface area contributed by atoms with Crippen LogP contribution >= 0.6 is 0 Å². The van der Waals surface area contributed by atoms with Gasteiger partial charge in [0, 0.05) is 50.7 Å². The highest BCUT2D eigenvalue weighted by molar-refractivity contribution is 5.95. The molecule has 0 spiro atoms. The summed E-state index contributed by atoms with van der Waals surface area (Å²) in [6.45, 7) is 1.42. The van der Waals surface area contributed by atoms with Crippen molar-refractivity contribution in [3.8, 4) is 11.5 Å². The lowest BCUT2D eigenvalue weighted by atomic mass is 9.94. The van der Waals surface area contributed by atoms with Crippen molar-refractivity contribution < 1.29 is 29.0 Å². The number of nitrogens with zero attached hydrogens (tertiary/aromatic N) is 2. The summed E-state index contributed by atoms with van der Waals surface area (Å²) in [6, 6.07) is 5.07. The number of ether oxygens (including phenoxy) is 2. The Bertz CT molecular complexity index is 690. The minimum absolute atomic E-state index is 0.0144. The van der Waals surface area contributed by atoms with Crippen LogP contribution in [0.1, 0.15) is 36.0 Å². The van der Waals surface area contributed by atoms with Crippen LogP contribution in [0.25, 0.3) is 0 Å². The fourth-order valence-corrected chi connectivity index (χ4v) is 3.33. The molecule has 1 aromatic rings. The zero-order chi connectivity index (χ0) is 20.7. The highest BCUT2D eigenvalue weighted by atomic mass is 16.5. The standard InChI is InChI=1S/C20H28N2O6/c1-21(8-4-5-18(23)24)19(25)14-6-9-22(10-7-14)20(26)15-11-16(27-2)13-17(12-15)28-3/h11-14H,4-10H2,1-3H3,(H,23,24). The lowest BCUT2D eigenvalue weighted by Crippen LogP contribution is -2.43. The Morgan fingerprint density at radius 2 is 1.68 bits per heavy atom. The van der Waals surface area contributed by atoms with Crippen LogP contribution < -0.4 is 9.47 Å². The number of amides is 2. The number of carboxylic acid groups (broad SMARTS) is 1. The van der Waals surface area contributed by atoms with Crippen LogP contribution in [0.5, 0.6) is 11.5 Å². The van der Waals surface area contributed by atoms with E-state index < -0.39 is 5.97 Å². The van der Waals surface area contributed by atoms with Gasteiger partial charge in [-0.15, -0.1) is 0 Å². The number of carbonyl (C=O) groups is 3. The summed E-state index contributed by atoms with van der Waals surface area (Å²) in [5.41, 5.74) is 0.492. The Labute approximate surface area is 165 Å². The summed E-state index contributed by atoms with van der Waals surface area (Å²) < 4.78 is 10.4. The number of hydrogen-bond acceptors (Lipinski definition) is 5.